The summed E-state index contributed by atoms with van der Waals surface area (Å²) in [6.07, 6.45) is 0. The van der Waals surface area contributed by atoms with Crippen LogP contribution in [0.2, 0.25) is 0 Å². The molecule has 1 atom stereocenters. The molecule has 0 fully saturated rings. The van der Waals surface area contributed by atoms with Crippen LogP contribution in [-0.4, -0.2) is 18.4 Å². The number of nitrogens with one attached hydrogen (secondary N) is 3. The topological polar surface area (TPSA) is 70.2 Å². The monoisotopic (exact) mass is 401 g/mol. The molecule has 0 heterocycles. The lowest BCUT2D eigenvalue weighted by molar-refractivity contribution is -0.114. The summed E-state index contributed by atoms with van der Waals surface area (Å²) in [5, 5.41) is 9.03. The Morgan fingerprint density at radius 1 is 0.867 bits per heavy atom. The number of aryl methyl sites for hydroxylation is 2. The Morgan fingerprint density at radius 3 is 2.23 bits per heavy atom. The van der Waals surface area contributed by atoms with Crippen LogP contribution >= 0.6 is 0 Å². The number of rotatable bonds is 7. The molecular weight excluding hydrogens is 374 g/mol. The van der Waals surface area contributed by atoms with Gasteiger partial charge in [-0.3, -0.25) is 9.59 Å². The van der Waals surface area contributed by atoms with Crippen molar-refractivity contribution in [2.75, 3.05) is 17.2 Å². The molecule has 3 rings (SSSR count). The highest BCUT2D eigenvalue weighted by Gasteiger charge is 2.12. The third-order valence-electron chi connectivity index (χ3n) is 4.96. The molecule has 0 aliphatic rings. The number of carbonyl (C=O) groups is 2. The van der Waals surface area contributed by atoms with Crippen molar-refractivity contribution < 1.29 is 9.59 Å². The van der Waals surface area contributed by atoms with E-state index in [1.807, 2.05) is 69.3 Å². The molecule has 0 saturated heterocycles. The number of carbonyl (C=O) groups excluding carboxylic acids is 2. The zero-order valence-corrected chi connectivity index (χ0v) is 17.5. The maximum absolute atomic E-state index is 12.6. The van der Waals surface area contributed by atoms with Gasteiger partial charge in [0.2, 0.25) is 5.91 Å². The first-order chi connectivity index (χ1) is 14.4. The van der Waals surface area contributed by atoms with Crippen molar-refractivity contribution in [2.45, 2.75) is 26.8 Å². The number of hydrogen-bond donors (Lipinski definition) is 3. The van der Waals surface area contributed by atoms with Gasteiger partial charge in [0.15, 0.2) is 0 Å². The molecule has 30 heavy (non-hydrogen) atoms. The summed E-state index contributed by atoms with van der Waals surface area (Å²) in [5.41, 5.74) is 5.27. The molecule has 0 spiro atoms. The summed E-state index contributed by atoms with van der Waals surface area (Å²) < 4.78 is 0. The maximum Gasteiger partial charge on any atom is 0.251 e. The van der Waals surface area contributed by atoms with Crippen LogP contribution in [0.4, 0.5) is 11.4 Å². The fraction of sp³-hybridized carbons (Fsp3) is 0.200. The number of anilines is 2. The minimum Gasteiger partial charge on any atom is -0.376 e. The second-order valence-electron chi connectivity index (χ2n) is 7.36. The highest BCUT2D eigenvalue weighted by atomic mass is 16.2. The van der Waals surface area contributed by atoms with Crippen LogP contribution in [0.3, 0.4) is 0 Å². The quantitative estimate of drug-likeness (QED) is 0.530. The van der Waals surface area contributed by atoms with E-state index in [4.69, 9.17) is 0 Å². The second-order valence-corrected chi connectivity index (χ2v) is 7.36. The summed E-state index contributed by atoms with van der Waals surface area (Å²) in [7, 11) is 0. The molecule has 5 heteroatoms. The van der Waals surface area contributed by atoms with Gasteiger partial charge in [-0.25, -0.2) is 0 Å². The van der Waals surface area contributed by atoms with Gasteiger partial charge >= 0.3 is 0 Å². The lowest BCUT2D eigenvalue weighted by atomic mass is 10.1. The third-order valence-corrected chi connectivity index (χ3v) is 4.96. The average molecular weight is 402 g/mol. The molecule has 0 bridgehead atoms. The van der Waals surface area contributed by atoms with Crippen molar-refractivity contribution in [3.63, 3.8) is 0 Å². The molecule has 2 amide bonds. The molecular formula is C25H27N3O2. The Bertz CT molecular complexity index is 1010. The lowest BCUT2D eigenvalue weighted by Crippen LogP contribution is -2.27. The predicted molar refractivity (Wildman–Crippen MR) is 122 cm³/mol. The van der Waals surface area contributed by atoms with Crippen LogP contribution in [0, 0.1) is 13.8 Å². The molecule has 3 aromatic carbocycles. The molecule has 3 N–H and O–H groups in total. The molecule has 3 aromatic rings. The smallest absolute Gasteiger partial charge is 0.251 e. The van der Waals surface area contributed by atoms with Crippen LogP contribution in [0.15, 0.2) is 72.8 Å². The number of benzene rings is 3. The second kappa shape index (κ2) is 9.74. The normalized spacial score (nSPS) is 11.4. The van der Waals surface area contributed by atoms with Crippen molar-refractivity contribution in [1.82, 2.24) is 5.32 Å². The Morgan fingerprint density at radius 2 is 1.53 bits per heavy atom. The summed E-state index contributed by atoms with van der Waals surface area (Å²) in [6.45, 7) is 6.10. The molecule has 0 aliphatic heterocycles. The van der Waals surface area contributed by atoms with E-state index in [2.05, 4.69) is 16.0 Å². The molecule has 154 valence electrons. The first kappa shape index (κ1) is 21.1. The van der Waals surface area contributed by atoms with Crippen molar-refractivity contribution in [3.8, 4) is 0 Å². The SMILES string of the molecule is Cc1cccc(C)c1NCC(=O)Nc1cccc(C(=O)NC(C)c2ccccc2)c1. The zero-order valence-electron chi connectivity index (χ0n) is 17.5. The van der Waals surface area contributed by atoms with E-state index < -0.39 is 0 Å². The predicted octanol–water partition coefficient (Wildman–Crippen LogP) is 4.85. The lowest BCUT2D eigenvalue weighted by Gasteiger charge is -2.15. The molecule has 0 aromatic heterocycles. The third kappa shape index (κ3) is 5.47. The largest absolute Gasteiger partial charge is 0.376 e. The summed E-state index contributed by atoms with van der Waals surface area (Å²) in [6, 6.07) is 22.6. The summed E-state index contributed by atoms with van der Waals surface area (Å²) >= 11 is 0. The standard InChI is InChI=1S/C25H27N3O2/c1-17-9-7-10-18(2)24(17)26-16-23(29)28-22-14-8-13-21(15-22)25(30)27-19(3)20-11-5-4-6-12-20/h4-15,19,26H,16H2,1-3H3,(H,27,30)(H,28,29). The van der Waals surface area contributed by atoms with Crippen LogP contribution in [0.1, 0.15) is 40.0 Å². The highest BCUT2D eigenvalue weighted by Crippen LogP contribution is 2.19. The van der Waals surface area contributed by atoms with Gasteiger partial charge in [-0.1, -0.05) is 54.6 Å². The van der Waals surface area contributed by atoms with Crippen LogP contribution in [-0.2, 0) is 4.79 Å². The first-order valence-corrected chi connectivity index (χ1v) is 10.00. The Kier molecular flexibility index (Phi) is 6.86. The van der Waals surface area contributed by atoms with Crippen LogP contribution < -0.4 is 16.0 Å². The molecule has 1 unspecified atom stereocenters. The fourth-order valence-electron chi connectivity index (χ4n) is 3.31. The molecule has 0 radical (unpaired) electrons. The number of para-hydroxylation sites is 1. The van der Waals surface area contributed by atoms with Crippen molar-refractivity contribution in [2.24, 2.45) is 0 Å². The van der Waals surface area contributed by atoms with E-state index in [-0.39, 0.29) is 24.4 Å². The van der Waals surface area contributed by atoms with E-state index in [1.165, 1.54) is 0 Å². The number of amides is 2. The van der Waals surface area contributed by atoms with Crippen molar-refractivity contribution >= 4 is 23.2 Å². The minimum atomic E-state index is -0.184. The maximum atomic E-state index is 12.6. The molecule has 0 aliphatic carbocycles. The Balaban J connectivity index is 1.59. The Hall–Kier alpha value is -3.60. The van der Waals surface area contributed by atoms with Crippen LogP contribution in [0.25, 0.3) is 0 Å². The van der Waals surface area contributed by atoms with Crippen molar-refractivity contribution in [3.05, 3.63) is 95.1 Å². The summed E-state index contributed by atoms with van der Waals surface area (Å²) in [4.78, 5) is 25.0. The highest BCUT2D eigenvalue weighted by molar-refractivity contribution is 5.98. The van der Waals surface area contributed by atoms with Gasteiger partial charge in [0, 0.05) is 16.9 Å². The van der Waals surface area contributed by atoms with Gasteiger partial charge in [-0.05, 0) is 55.7 Å². The molecule has 5 nitrogen and oxygen atoms in total. The Labute approximate surface area is 177 Å². The van der Waals surface area contributed by atoms with Gasteiger partial charge in [-0.15, -0.1) is 0 Å². The van der Waals surface area contributed by atoms with Gasteiger partial charge in [-0.2, -0.15) is 0 Å². The first-order valence-electron chi connectivity index (χ1n) is 10.00. The van der Waals surface area contributed by atoms with Gasteiger partial charge in [0.1, 0.15) is 0 Å². The van der Waals surface area contributed by atoms with E-state index in [9.17, 15) is 9.59 Å². The van der Waals surface area contributed by atoms with E-state index in [1.54, 1.807) is 24.3 Å². The van der Waals surface area contributed by atoms with E-state index >= 15 is 0 Å². The van der Waals surface area contributed by atoms with Crippen molar-refractivity contribution in [1.29, 1.82) is 0 Å². The van der Waals surface area contributed by atoms with E-state index in [0.717, 1.165) is 22.4 Å². The van der Waals surface area contributed by atoms with E-state index in [0.29, 0.717) is 11.3 Å². The number of hydrogen-bond acceptors (Lipinski definition) is 3. The van der Waals surface area contributed by atoms with Gasteiger partial charge in [0.05, 0.1) is 12.6 Å². The minimum absolute atomic E-state index is 0.113. The fourth-order valence-corrected chi connectivity index (χ4v) is 3.31. The van der Waals surface area contributed by atoms with Gasteiger partial charge < -0.3 is 16.0 Å². The van der Waals surface area contributed by atoms with Gasteiger partial charge in [0.25, 0.3) is 5.91 Å². The zero-order chi connectivity index (χ0) is 21.5. The summed E-state index contributed by atoms with van der Waals surface area (Å²) in [5.74, 6) is -0.357. The average Bonchev–Trinajstić information content (AvgIpc) is 2.74. The molecule has 0 saturated carbocycles. The van der Waals surface area contributed by atoms with Crippen LogP contribution in [0.5, 0.6) is 0 Å².